The number of hydrogen-bond donors (Lipinski definition) is 3. The summed E-state index contributed by atoms with van der Waals surface area (Å²) in [5.41, 5.74) is 0. The Kier molecular flexibility index (Phi) is 41.2. The number of rotatable bonds is 39. The van der Waals surface area contributed by atoms with E-state index < -0.39 is 12.0 Å². The molecule has 0 aliphatic rings. The van der Waals surface area contributed by atoms with Gasteiger partial charge in [-0.2, -0.15) is 0 Å². The number of unbranched alkanes of at least 4 members (excludes halogenated alkanes) is 13. The number of allylic oxidation sites excluding steroid dienone is 16. The van der Waals surface area contributed by atoms with Gasteiger partial charge in [-0.15, -0.1) is 0 Å². The highest BCUT2D eigenvalue weighted by Gasteiger charge is 2.18. The van der Waals surface area contributed by atoms with E-state index in [0.29, 0.717) is 45.1 Å². The number of carboxylic acids is 1. The Labute approximate surface area is 343 Å². The molecule has 0 aromatic carbocycles. The molecule has 0 heterocycles. The standard InChI is InChI=1S/C50H82N2O4/c1-3-5-7-9-11-13-15-17-19-21-23-25-27-29-31-33-35-37-39-44-48(53)51-46-42-41-43-47(50(55)56)52-49(54)45-40-38-36-34-32-30-28-26-24-22-20-18-16-14-12-10-8-6-4-2/h17-20,23-26,29-32,35-38,47H,3-16,21-22,27-28,33-34,39-46H2,1-2H3,(H,51,53)(H,52,54)(H,55,56)/b19-17-,20-18-,25-23-,26-24-,31-29-,32-30-,37-35-,38-36-/t47-/m0/s1. The van der Waals surface area contributed by atoms with Gasteiger partial charge >= 0.3 is 5.97 Å². The molecule has 6 nitrogen and oxygen atoms in total. The molecule has 0 rings (SSSR count). The third-order valence-electron chi connectivity index (χ3n) is 9.37. The number of nitrogens with one attached hydrogen (secondary N) is 2. The molecular formula is C50H82N2O4. The predicted molar refractivity (Wildman–Crippen MR) is 242 cm³/mol. The van der Waals surface area contributed by atoms with Crippen LogP contribution in [0.5, 0.6) is 0 Å². The van der Waals surface area contributed by atoms with Gasteiger partial charge in [0.2, 0.25) is 11.8 Å². The first-order valence-electron chi connectivity index (χ1n) is 22.5. The summed E-state index contributed by atoms with van der Waals surface area (Å²) < 4.78 is 0. The van der Waals surface area contributed by atoms with Crippen LogP contribution in [0.15, 0.2) is 97.2 Å². The maximum Gasteiger partial charge on any atom is 0.326 e. The highest BCUT2D eigenvalue weighted by molar-refractivity contribution is 5.83. The molecule has 1 atom stereocenters. The van der Waals surface area contributed by atoms with E-state index in [1.54, 1.807) is 0 Å². The van der Waals surface area contributed by atoms with Crippen LogP contribution >= 0.6 is 0 Å². The van der Waals surface area contributed by atoms with Crippen molar-refractivity contribution in [3.8, 4) is 0 Å². The number of aliphatic carboxylic acids is 1. The van der Waals surface area contributed by atoms with E-state index in [4.69, 9.17) is 0 Å². The van der Waals surface area contributed by atoms with Gasteiger partial charge in [-0.3, -0.25) is 9.59 Å². The molecule has 0 aliphatic heterocycles. The summed E-state index contributed by atoms with van der Waals surface area (Å²) in [5, 5.41) is 15.1. The molecule has 2 amide bonds. The lowest BCUT2D eigenvalue weighted by molar-refractivity contribution is -0.142. The van der Waals surface area contributed by atoms with Crippen LogP contribution < -0.4 is 10.6 Å². The summed E-state index contributed by atoms with van der Waals surface area (Å²) >= 11 is 0. The first-order valence-corrected chi connectivity index (χ1v) is 22.5. The van der Waals surface area contributed by atoms with Gasteiger partial charge in [-0.1, -0.05) is 175 Å². The van der Waals surface area contributed by atoms with Crippen LogP contribution in [-0.2, 0) is 14.4 Å². The lowest BCUT2D eigenvalue weighted by atomic mass is 10.1. The molecular weight excluding hydrogens is 693 g/mol. The van der Waals surface area contributed by atoms with Gasteiger partial charge in [-0.05, 0) is 96.3 Å². The average molecular weight is 775 g/mol. The molecule has 0 saturated heterocycles. The van der Waals surface area contributed by atoms with Gasteiger partial charge in [0.1, 0.15) is 6.04 Å². The Balaban J connectivity index is 3.84. The zero-order valence-corrected chi connectivity index (χ0v) is 35.8. The molecule has 0 aromatic heterocycles. The van der Waals surface area contributed by atoms with Gasteiger partial charge in [-0.25, -0.2) is 4.79 Å². The van der Waals surface area contributed by atoms with E-state index in [0.717, 1.165) is 38.5 Å². The van der Waals surface area contributed by atoms with Crippen molar-refractivity contribution < 1.29 is 19.5 Å². The van der Waals surface area contributed by atoms with E-state index >= 15 is 0 Å². The van der Waals surface area contributed by atoms with Crippen LogP contribution in [0.3, 0.4) is 0 Å². The third kappa shape index (κ3) is 41.5. The summed E-state index contributed by atoms with van der Waals surface area (Å²) in [4.78, 5) is 36.1. The predicted octanol–water partition coefficient (Wildman–Crippen LogP) is 13.7. The molecule has 56 heavy (non-hydrogen) atoms. The fraction of sp³-hybridized carbons (Fsp3) is 0.620. The van der Waals surface area contributed by atoms with Crippen molar-refractivity contribution >= 4 is 17.8 Å². The molecule has 0 radical (unpaired) electrons. The zero-order chi connectivity index (χ0) is 40.8. The normalized spacial score (nSPS) is 13.0. The van der Waals surface area contributed by atoms with Gasteiger partial charge in [0.05, 0.1) is 0 Å². The van der Waals surface area contributed by atoms with Crippen LogP contribution in [0.1, 0.15) is 187 Å². The second kappa shape index (κ2) is 44.0. The van der Waals surface area contributed by atoms with Crippen molar-refractivity contribution in [2.24, 2.45) is 0 Å². The molecule has 0 fully saturated rings. The Morgan fingerprint density at radius 2 is 0.786 bits per heavy atom. The summed E-state index contributed by atoms with van der Waals surface area (Å²) in [7, 11) is 0. The first-order chi connectivity index (χ1) is 27.5. The first kappa shape index (κ1) is 52.3. The second-order valence-corrected chi connectivity index (χ2v) is 14.7. The maximum atomic E-state index is 12.3. The molecule has 316 valence electrons. The lowest BCUT2D eigenvalue weighted by Crippen LogP contribution is -2.40. The summed E-state index contributed by atoms with van der Waals surface area (Å²) in [6.45, 7) is 5.01. The highest BCUT2D eigenvalue weighted by atomic mass is 16.4. The molecule has 6 heteroatoms. The quantitative estimate of drug-likeness (QED) is 0.0428. The molecule has 0 spiro atoms. The van der Waals surface area contributed by atoms with E-state index in [2.05, 4.69) is 103 Å². The lowest BCUT2D eigenvalue weighted by Gasteiger charge is -2.14. The molecule has 0 unspecified atom stereocenters. The van der Waals surface area contributed by atoms with Crippen LogP contribution in [0.25, 0.3) is 0 Å². The SMILES string of the molecule is CCCCCCCC/C=C\C/C=C\C/C=C\C/C=C\CCC(=O)NCCCC[C@H](NC(=O)CC/C=C\C/C=C\C/C=C\C/C=C\CCCCCCCC)C(=O)O. The minimum Gasteiger partial charge on any atom is -0.480 e. The summed E-state index contributed by atoms with van der Waals surface area (Å²) in [5.74, 6) is -1.28. The van der Waals surface area contributed by atoms with Gasteiger partial charge in [0, 0.05) is 19.4 Å². The zero-order valence-electron chi connectivity index (χ0n) is 35.8. The largest absolute Gasteiger partial charge is 0.480 e. The fourth-order valence-corrected chi connectivity index (χ4v) is 5.92. The van der Waals surface area contributed by atoms with Crippen molar-refractivity contribution in [2.45, 2.75) is 193 Å². The third-order valence-corrected chi connectivity index (χ3v) is 9.37. The van der Waals surface area contributed by atoms with Crippen LogP contribution in [0.4, 0.5) is 0 Å². The Morgan fingerprint density at radius 1 is 0.429 bits per heavy atom. The maximum absolute atomic E-state index is 12.3. The second-order valence-electron chi connectivity index (χ2n) is 14.7. The van der Waals surface area contributed by atoms with Crippen molar-refractivity contribution in [1.82, 2.24) is 10.6 Å². The van der Waals surface area contributed by atoms with E-state index in [-0.39, 0.29) is 18.2 Å². The smallest absolute Gasteiger partial charge is 0.326 e. The number of carbonyl (C=O) groups is 3. The monoisotopic (exact) mass is 775 g/mol. The molecule has 3 N–H and O–H groups in total. The number of amides is 2. The van der Waals surface area contributed by atoms with Crippen LogP contribution in [-0.4, -0.2) is 35.5 Å². The molecule has 0 aliphatic carbocycles. The van der Waals surface area contributed by atoms with Crippen molar-refractivity contribution in [3.63, 3.8) is 0 Å². The van der Waals surface area contributed by atoms with Crippen LogP contribution in [0, 0.1) is 0 Å². The van der Waals surface area contributed by atoms with E-state index in [1.807, 2.05) is 18.2 Å². The van der Waals surface area contributed by atoms with Gasteiger partial charge < -0.3 is 15.7 Å². The number of hydrogen-bond acceptors (Lipinski definition) is 3. The van der Waals surface area contributed by atoms with Gasteiger partial charge in [0.15, 0.2) is 0 Å². The van der Waals surface area contributed by atoms with E-state index in [9.17, 15) is 19.5 Å². The Hall–Kier alpha value is -3.67. The van der Waals surface area contributed by atoms with E-state index in [1.165, 1.54) is 89.9 Å². The fourth-order valence-electron chi connectivity index (χ4n) is 5.92. The number of carbonyl (C=O) groups excluding carboxylic acids is 2. The van der Waals surface area contributed by atoms with Gasteiger partial charge in [0.25, 0.3) is 0 Å². The summed E-state index contributed by atoms with van der Waals surface area (Å²) in [6, 6.07) is -0.911. The topological polar surface area (TPSA) is 95.5 Å². The summed E-state index contributed by atoms with van der Waals surface area (Å²) in [6.07, 6.45) is 62.3. The van der Waals surface area contributed by atoms with Crippen molar-refractivity contribution in [3.05, 3.63) is 97.2 Å². The number of carboxylic acid groups (broad SMARTS) is 1. The highest BCUT2D eigenvalue weighted by Crippen LogP contribution is 2.09. The minimum atomic E-state index is -1.03. The Bertz CT molecular complexity index is 1170. The molecule has 0 bridgehead atoms. The molecule has 0 aromatic rings. The minimum absolute atomic E-state index is 0.00271. The van der Waals surface area contributed by atoms with Crippen molar-refractivity contribution in [1.29, 1.82) is 0 Å². The Morgan fingerprint density at radius 3 is 1.20 bits per heavy atom. The van der Waals surface area contributed by atoms with Crippen LogP contribution in [0.2, 0.25) is 0 Å². The molecule has 0 saturated carbocycles. The average Bonchev–Trinajstić information content (AvgIpc) is 3.19. The van der Waals surface area contributed by atoms with Crippen molar-refractivity contribution in [2.75, 3.05) is 6.54 Å².